The van der Waals surface area contributed by atoms with E-state index >= 15 is 0 Å². The maximum Gasteiger partial charge on any atom is 0.271 e. The molecule has 2 aromatic rings. The van der Waals surface area contributed by atoms with Gasteiger partial charge in [0, 0.05) is 23.8 Å². The molecule has 0 atom stereocenters. The molecule has 0 aliphatic heterocycles. The normalized spacial score (nSPS) is 10.5. The van der Waals surface area contributed by atoms with Crippen LogP contribution in [0.15, 0.2) is 18.5 Å². The Balaban J connectivity index is 1.87. The summed E-state index contributed by atoms with van der Waals surface area (Å²) in [5.41, 5.74) is 0.535. The third-order valence-electron chi connectivity index (χ3n) is 2.30. The van der Waals surface area contributed by atoms with Crippen molar-refractivity contribution in [1.29, 1.82) is 0 Å². The lowest BCUT2D eigenvalue weighted by atomic mass is 10.3. The monoisotopic (exact) mass is 250 g/mol. The number of nitrogens with one attached hydrogen (secondary N) is 1. The molecule has 1 amide bonds. The Bertz CT molecular complexity index is 504. The molecular weight excluding hydrogens is 236 g/mol. The summed E-state index contributed by atoms with van der Waals surface area (Å²) in [4.78, 5) is 17.0. The molecule has 1 N–H and O–H groups in total. The third-order valence-corrected chi connectivity index (χ3v) is 3.19. The Morgan fingerprint density at radius 1 is 1.53 bits per heavy atom. The van der Waals surface area contributed by atoms with Gasteiger partial charge in [-0.25, -0.2) is 4.98 Å². The molecule has 0 radical (unpaired) electrons. The first-order valence-electron chi connectivity index (χ1n) is 5.36. The van der Waals surface area contributed by atoms with E-state index in [1.807, 2.05) is 26.1 Å². The van der Waals surface area contributed by atoms with Crippen molar-refractivity contribution in [3.63, 3.8) is 0 Å². The van der Waals surface area contributed by atoms with Crippen molar-refractivity contribution >= 4 is 17.2 Å². The van der Waals surface area contributed by atoms with Crippen LogP contribution in [0.4, 0.5) is 0 Å². The van der Waals surface area contributed by atoms with Crippen LogP contribution in [0.5, 0.6) is 0 Å². The fourth-order valence-corrected chi connectivity index (χ4v) is 2.36. The maximum atomic E-state index is 11.8. The minimum absolute atomic E-state index is 0.112. The van der Waals surface area contributed by atoms with Gasteiger partial charge in [-0.1, -0.05) is 0 Å². The van der Waals surface area contributed by atoms with Crippen LogP contribution < -0.4 is 5.32 Å². The van der Waals surface area contributed by atoms with E-state index in [1.165, 1.54) is 11.3 Å². The Hall–Kier alpha value is -1.69. The number of carbonyl (C=O) groups excluding carboxylic acids is 1. The second-order valence-corrected chi connectivity index (χ2v) is 5.07. The molecule has 0 aliphatic carbocycles. The van der Waals surface area contributed by atoms with E-state index in [0.29, 0.717) is 18.8 Å². The number of thiazole rings is 1. The van der Waals surface area contributed by atoms with Crippen LogP contribution in [0.3, 0.4) is 0 Å². The van der Waals surface area contributed by atoms with Crippen LogP contribution >= 0.6 is 11.3 Å². The number of carbonyl (C=O) groups is 1. The van der Waals surface area contributed by atoms with Crippen molar-refractivity contribution in [1.82, 2.24) is 20.1 Å². The van der Waals surface area contributed by atoms with Crippen molar-refractivity contribution in [2.75, 3.05) is 6.54 Å². The van der Waals surface area contributed by atoms with Gasteiger partial charge in [-0.15, -0.1) is 11.3 Å². The number of aromatic nitrogens is 3. The van der Waals surface area contributed by atoms with E-state index in [-0.39, 0.29) is 5.91 Å². The van der Waals surface area contributed by atoms with Crippen molar-refractivity contribution in [3.05, 3.63) is 34.0 Å². The first kappa shape index (κ1) is 11.8. The van der Waals surface area contributed by atoms with E-state index in [9.17, 15) is 4.79 Å². The predicted octanol–water partition coefficient (Wildman–Crippen LogP) is 1.39. The number of nitrogens with zero attached hydrogens (tertiary/aromatic N) is 3. The maximum absolute atomic E-state index is 11.8. The van der Waals surface area contributed by atoms with Gasteiger partial charge in [0.1, 0.15) is 5.69 Å². The lowest BCUT2D eigenvalue weighted by Crippen LogP contribution is -2.28. The van der Waals surface area contributed by atoms with Crippen LogP contribution in [0.1, 0.15) is 20.4 Å². The van der Waals surface area contributed by atoms with Crippen molar-refractivity contribution in [3.8, 4) is 0 Å². The summed E-state index contributed by atoms with van der Waals surface area (Å²) in [6.45, 7) is 5.03. The zero-order chi connectivity index (χ0) is 12.3. The van der Waals surface area contributed by atoms with Crippen molar-refractivity contribution < 1.29 is 4.79 Å². The highest BCUT2D eigenvalue weighted by atomic mass is 32.1. The third kappa shape index (κ3) is 2.91. The van der Waals surface area contributed by atoms with Crippen molar-refractivity contribution in [2.24, 2.45) is 0 Å². The van der Waals surface area contributed by atoms with Gasteiger partial charge in [0.05, 0.1) is 11.6 Å². The van der Waals surface area contributed by atoms with Gasteiger partial charge >= 0.3 is 0 Å². The van der Waals surface area contributed by atoms with Gasteiger partial charge in [0.2, 0.25) is 0 Å². The van der Waals surface area contributed by atoms with E-state index in [4.69, 9.17) is 0 Å². The number of hydrogen-bond donors (Lipinski definition) is 1. The number of hydrogen-bond acceptors (Lipinski definition) is 4. The highest BCUT2D eigenvalue weighted by Crippen LogP contribution is 2.15. The molecule has 2 aromatic heterocycles. The number of amides is 1. The zero-order valence-electron chi connectivity index (χ0n) is 9.80. The average molecular weight is 250 g/mol. The molecule has 0 aliphatic rings. The van der Waals surface area contributed by atoms with Crippen LogP contribution in [-0.2, 0) is 6.54 Å². The standard InChI is InChI=1S/C11H14N4OS/c1-8-10(14-9(2)17-8)11(16)12-5-7-15-6-3-4-13-15/h3-4,6H,5,7H2,1-2H3,(H,12,16). The fraction of sp³-hybridized carbons (Fsp3) is 0.364. The molecule has 17 heavy (non-hydrogen) atoms. The first-order valence-corrected chi connectivity index (χ1v) is 6.18. The summed E-state index contributed by atoms with van der Waals surface area (Å²) < 4.78 is 1.78. The van der Waals surface area contributed by atoms with Crippen LogP contribution in [0.25, 0.3) is 0 Å². The molecule has 5 nitrogen and oxygen atoms in total. The predicted molar refractivity (Wildman–Crippen MR) is 66.1 cm³/mol. The Morgan fingerprint density at radius 2 is 2.35 bits per heavy atom. The lowest BCUT2D eigenvalue weighted by Gasteiger charge is -2.04. The number of aryl methyl sites for hydroxylation is 2. The highest BCUT2D eigenvalue weighted by Gasteiger charge is 2.12. The summed E-state index contributed by atoms with van der Waals surface area (Å²) >= 11 is 1.54. The summed E-state index contributed by atoms with van der Waals surface area (Å²) in [6, 6.07) is 1.86. The Labute approximate surface area is 103 Å². The second-order valence-electron chi connectivity index (χ2n) is 3.66. The van der Waals surface area contributed by atoms with Gasteiger partial charge < -0.3 is 5.32 Å². The van der Waals surface area contributed by atoms with Gasteiger partial charge in [0.25, 0.3) is 5.91 Å². The minimum atomic E-state index is -0.112. The Kier molecular flexibility index (Phi) is 3.53. The number of rotatable bonds is 4. The van der Waals surface area contributed by atoms with Gasteiger partial charge in [-0.05, 0) is 19.9 Å². The lowest BCUT2D eigenvalue weighted by molar-refractivity contribution is 0.0947. The minimum Gasteiger partial charge on any atom is -0.349 e. The second kappa shape index (κ2) is 5.09. The van der Waals surface area contributed by atoms with Gasteiger partial charge in [-0.2, -0.15) is 5.10 Å². The largest absolute Gasteiger partial charge is 0.349 e. The van der Waals surface area contributed by atoms with E-state index in [0.717, 1.165) is 9.88 Å². The molecule has 90 valence electrons. The topological polar surface area (TPSA) is 59.8 Å². The molecule has 0 spiro atoms. The van der Waals surface area contributed by atoms with Crippen LogP contribution in [0.2, 0.25) is 0 Å². The summed E-state index contributed by atoms with van der Waals surface area (Å²) in [5.74, 6) is -0.112. The SMILES string of the molecule is Cc1nc(C(=O)NCCn2cccn2)c(C)s1. The molecule has 0 saturated heterocycles. The molecular formula is C11H14N4OS. The molecule has 2 heterocycles. The smallest absolute Gasteiger partial charge is 0.271 e. The van der Waals surface area contributed by atoms with Gasteiger partial charge in [-0.3, -0.25) is 9.48 Å². The fourth-order valence-electron chi connectivity index (χ4n) is 1.54. The first-order chi connectivity index (χ1) is 8.16. The molecule has 0 fully saturated rings. The zero-order valence-corrected chi connectivity index (χ0v) is 10.6. The molecule has 0 saturated carbocycles. The molecule has 0 bridgehead atoms. The molecule has 0 unspecified atom stereocenters. The Morgan fingerprint density at radius 3 is 2.94 bits per heavy atom. The average Bonchev–Trinajstić information content (AvgIpc) is 2.88. The van der Waals surface area contributed by atoms with E-state index < -0.39 is 0 Å². The molecule has 6 heteroatoms. The van der Waals surface area contributed by atoms with Crippen LogP contribution in [0, 0.1) is 13.8 Å². The summed E-state index contributed by atoms with van der Waals surface area (Å²) in [6.07, 6.45) is 3.58. The van der Waals surface area contributed by atoms with Crippen LogP contribution in [-0.4, -0.2) is 27.2 Å². The quantitative estimate of drug-likeness (QED) is 0.892. The van der Waals surface area contributed by atoms with E-state index in [1.54, 1.807) is 10.9 Å². The summed E-state index contributed by atoms with van der Waals surface area (Å²) in [7, 11) is 0. The van der Waals surface area contributed by atoms with Gasteiger partial charge in [0.15, 0.2) is 0 Å². The molecule has 0 aromatic carbocycles. The van der Waals surface area contributed by atoms with E-state index in [2.05, 4.69) is 15.4 Å². The van der Waals surface area contributed by atoms with Crippen molar-refractivity contribution in [2.45, 2.75) is 20.4 Å². The molecule has 2 rings (SSSR count). The summed E-state index contributed by atoms with van der Waals surface area (Å²) in [5, 5.41) is 7.81. The highest BCUT2D eigenvalue weighted by molar-refractivity contribution is 7.11.